The molecule has 0 amide bonds. The largest absolute Gasteiger partial charge is 0.371 e. The van der Waals surface area contributed by atoms with Crippen LogP contribution in [0.1, 0.15) is 31.2 Å². The number of nitrogens with one attached hydrogen (secondary N) is 2. The van der Waals surface area contributed by atoms with Gasteiger partial charge in [-0.15, -0.1) is 0 Å². The number of fused-ring (bicyclic) bond motifs is 3. The van der Waals surface area contributed by atoms with Crippen molar-refractivity contribution in [1.82, 2.24) is 9.55 Å². The van der Waals surface area contributed by atoms with Crippen LogP contribution < -0.4 is 22.3 Å². The van der Waals surface area contributed by atoms with Gasteiger partial charge in [0.1, 0.15) is 5.82 Å². The summed E-state index contributed by atoms with van der Waals surface area (Å²) in [6.07, 6.45) is 3.69. The lowest BCUT2D eigenvalue weighted by Gasteiger charge is -2.51. The highest BCUT2D eigenvalue weighted by molar-refractivity contribution is 5.33. The second-order valence-corrected chi connectivity index (χ2v) is 7.59. The van der Waals surface area contributed by atoms with Crippen LogP contribution in [0.3, 0.4) is 0 Å². The van der Waals surface area contributed by atoms with Crippen LogP contribution in [-0.2, 0) is 11.3 Å². The number of hydrogen-bond acceptors (Lipinski definition) is 5. The lowest BCUT2D eigenvalue weighted by atomic mass is 9.71. The van der Waals surface area contributed by atoms with Crippen LogP contribution in [0, 0.1) is 0 Å². The second kappa shape index (κ2) is 6.41. The SMILES string of the molecule is NC12CCC(CNc3cc(=O)n(Cc4ccccc4)c(=O)[nH]3)(CC1)OC2. The summed E-state index contributed by atoms with van der Waals surface area (Å²) in [5, 5.41) is 3.18. The molecule has 2 aromatic rings. The van der Waals surface area contributed by atoms with Crippen LogP contribution in [0.15, 0.2) is 46.0 Å². The first-order valence-corrected chi connectivity index (χ1v) is 9.02. The van der Waals surface area contributed by atoms with E-state index in [1.54, 1.807) is 0 Å². The van der Waals surface area contributed by atoms with Crippen molar-refractivity contribution in [2.45, 2.75) is 43.4 Å². The first kappa shape index (κ1) is 17.1. The molecule has 1 aliphatic carbocycles. The van der Waals surface area contributed by atoms with Gasteiger partial charge in [0.15, 0.2) is 0 Å². The quantitative estimate of drug-likeness (QED) is 0.743. The molecular weight excluding hydrogens is 332 g/mol. The summed E-state index contributed by atoms with van der Waals surface area (Å²) < 4.78 is 7.18. The van der Waals surface area contributed by atoms with E-state index in [1.165, 1.54) is 10.6 Å². The molecule has 7 nitrogen and oxygen atoms in total. The first-order chi connectivity index (χ1) is 12.5. The van der Waals surface area contributed by atoms with Gasteiger partial charge in [0.2, 0.25) is 0 Å². The summed E-state index contributed by atoms with van der Waals surface area (Å²) in [6.45, 7) is 1.38. The molecule has 1 aromatic heterocycles. The highest BCUT2D eigenvalue weighted by Gasteiger charge is 2.47. The fourth-order valence-corrected chi connectivity index (χ4v) is 3.80. The average molecular weight is 356 g/mol. The zero-order valence-corrected chi connectivity index (χ0v) is 14.7. The van der Waals surface area contributed by atoms with E-state index in [-0.39, 0.29) is 23.2 Å². The fourth-order valence-electron chi connectivity index (χ4n) is 3.80. The van der Waals surface area contributed by atoms with Crippen molar-refractivity contribution in [3.05, 3.63) is 62.8 Å². The Morgan fingerprint density at radius 3 is 2.50 bits per heavy atom. The molecule has 2 bridgehead atoms. The molecule has 0 spiro atoms. The Balaban J connectivity index is 1.47. The van der Waals surface area contributed by atoms with Crippen LogP contribution >= 0.6 is 0 Å². The first-order valence-electron chi connectivity index (χ1n) is 9.02. The monoisotopic (exact) mass is 356 g/mol. The number of hydrogen-bond donors (Lipinski definition) is 3. The Morgan fingerprint density at radius 1 is 1.15 bits per heavy atom. The summed E-state index contributed by atoms with van der Waals surface area (Å²) in [5.41, 5.74) is 5.98. The number of rotatable bonds is 5. The maximum Gasteiger partial charge on any atom is 0.330 e. The second-order valence-electron chi connectivity index (χ2n) is 7.59. The lowest BCUT2D eigenvalue weighted by molar-refractivity contribution is -0.144. The van der Waals surface area contributed by atoms with Gasteiger partial charge < -0.3 is 15.8 Å². The van der Waals surface area contributed by atoms with Gasteiger partial charge in [-0.05, 0) is 31.2 Å². The minimum Gasteiger partial charge on any atom is -0.371 e. The van der Waals surface area contributed by atoms with E-state index in [9.17, 15) is 9.59 Å². The van der Waals surface area contributed by atoms with Gasteiger partial charge in [-0.3, -0.25) is 14.3 Å². The Hall–Kier alpha value is -2.38. The lowest BCUT2D eigenvalue weighted by Crippen LogP contribution is -2.61. The molecule has 7 heteroatoms. The predicted octanol–water partition coefficient (Wildman–Crippen LogP) is 1.04. The smallest absolute Gasteiger partial charge is 0.330 e. The van der Waals surface area contributed by atoms with E-state index in [1.807, 2.05) is 30.3 Å². The van der Waals surface area contributed by atoms with E-state index in [0.29, 0.717) is 19.0 Å². The number of aromatic amines is 1. The third-order valence-corrected chi connectivity index (χ3v) is 5.63. The molecular formula is C19H24N4O3. The Morgan fingerprint density at radius 2 is 1.88 bits per heavy atom. The highest BCUT2D eigenvalue weighted by atomic mass is 16.5. The van der Waals surface area contributed by atoms with Crippen LogP contribution in [0.5, 0.6) is 0 Å². The molecule has 26 heavy (non-hydrogen) atoms. The molecule has 0 radical (unpaired) electrons. The highest BCUT2D eigenvalue weighted by Crippen LogP contribution is 2.42. The molecule has 0 atom stereocenters. The van der Waals surface area contributed by atoms with Gasteiger partial charge in [0.05, 0.1) is 18.8 Å². The number of ether oxygens (including phenoxy) is 1. The minimum atomic E-state index is -0.421. The van der Waals surface area contributed by atoms with E-state index >= 15 is 0 Å². The molecule has 0 unspecified atom stereocenters. The Kier molecular flexibility index (Phi) is 4.20. The van der Waals surface area contributed by atoms with Crippen LogP contribution in [0.2, 0.25) is 0 Å². The zero-order valence-electron chi connectivity index (χ0n) is 14.7. The van der Waals surface area contributed by atoms with Crippen molar-refractivity contribution in [3.63, 3.8) is 0 Å². The van der Waals surface area contributed by atoms with Crippen molar-refractivity contribution >= 4 is 5.82 Å². The number of anilines is 1. The third-order valence-electron chi connectivity index (χ3n) is 5.63. The number of benzene rings is 1. The molecule has 5 rings (SSSR count). The summed E-state index contributed by atoms with van der Waals surface area (Å²) in [7, 11) is 0. The Labute approximate surface area is 151 Å². The predicted molar refractivity (Wildman–Crippen MR) is 99.4 cm³/mol. The third kappa shape index (κ3) is 3.32. The molecule has 3 fully saturated rings. The van der Waals surface area contributed by atoms with E-state index in [4.69, 9.17) is 10.5 Å². The average Bonchev–Trinajstić information content (AvgIpc) is 2.65. The van der Waals surface area contributed by atoms with Gasteiger partial charge in [0, 0.05) is 18.2 Å². The fraction of sp³-hybridized carbons (Fsp3) is 0.474. The Bertz CT molecular complexity index is 847. The molecule has 3 aliphatic rings. The maximum absolute atomic E-state index is 12.4. The summed E-state index contributed by atoms with van der Waals surface area (Å²) in [5.74, 6) is 0.428. The van der Waals surface area contributed by atoms with Gasteiger partial charge >= 0.3 is 5.69 Å². The molecule has 138 valence electrons. The topological polar surface area (TPSA) is 102 Å². The van der Waals surface area contributed by atoms with Gasteiger partial charge in [-0.1, -0.05) is 30.3 Å². The van der Waals surface area contributed by atoms with Gasteiger partial charge in [-0.25, -0.2) is 4.79 Å². The number of nitrogens with zero attached hydrogens (tertiary/aromatic N) is 1. The van der Waals surface area contributed by atoms with Gasteiger partial charge in [0.25, 0.3) is 5.56 Å². The molecule has 1 aromatic carbocycles. The molecule has 2 aliphatic heterocycles. The molecule has 1 saturated carbocycles. The normalized spacial score (nSPS) is 27.4. The summed E-state index contributed by atoms with van der Waals surface area (Å²) in [6, 6.07) is 10.9. The van der Waals surface area contributed by atoms with E-state index < -0.39 is 5.69 Å². The van der Waals surface area contributed by atoms with Crippen molar-refractivity contribution in [3.8, 4) is 0 Å². The van der Waals surface area contributed by atoms with Crippen molar-refractivity contribution in [1.29, 1.82) is 0 Å². The molecule has 3 heterocycles. The van der Waals surface area contributed by atoms with Gasteiger partial charge in [-0.2, -0.15) is 0 Å². The maximum atomic E-state index is 12.4. The van der Waals surface area contributed by atoms with Crippen LogP contribution in [0.25, 0.3) is 0 Å². The van der Waals surface area contributed by atoms with Crippen LogP contribution in [0.4, 0.5) is 5.82 Å². The molecule has 4 N–H and O–H groups in total. The standard InChI is InChI=1S/C19H24N4O3/c20-18-6-8-19(9-7-18,26-13-18)12-21-15-10-16(24)23(17(25)22-15)11-14-4-2-1-3-5-14/h1-5,10,21H,6-9,11-13,20H2,(H,22,25). The zero-order chi connectivity index (χ0) is 18.2. The van der Waals surface area contributed by atoms with Crippen LogP contribution in [-0.4, -0.2) is 33.8 Å². The number of nitrogens with two attached hydrogens (primary N) is 1. The number of H-pyrrole nitrogens is 1. The van der Waals surface area contributed by atoms with Crippen molar-refractivity contribution in [2.75, 3.05) is 18.5 Å². The van der Waals surface area contributed by atoms with Crippen molar-refractivity contribution in [2.24, 2.45) is 5.73 Å². The molecule has 2 saturated heterocycles. The van der Waals surface area contributed by atoms with Crippen molar-refractivity contribution < 1.29 is 4.74 Å². The number of aromatic nitrogens is 2. The van der Waals surface area contributed by atoms with E-state index in [2.05, 4.69) is 10.3 Å². The minimum absolute atomic E-state index is 0.173. The summed E-state index contributed by atoms with van der Waals surface area (Å²) >= 11 is 0. The summed E-state index contributed by atoms with van der Waals surface area (Å²) in [4.78, 5) is 27.5. The van der Waals surface area contributed by atoms with E-state index in [0.717, 1.165) is 31.2 Å².